The number of anilines is 1. The summed E-state index contributed by atoms with van der Waals surface area (Å²) in [6.45, 7) is 11.2. The quantitative estimate of drug-likeness (QED) is 0.257. The average Bonchev–Trinajstić information content (AvgIpc) is 3.05. The first-order valence-electron chi connectivity index (χ1n) is 15.7. The lowest BCUT2D eigenvalue weighted by Crippen LogP contribution is -2.58. The molecular weight excluding hydrogens is 546 g/mol. The van der Waals surface area contributed by atoms with Gasteiger partial charge in [0.25, 0.3) is 5.91 Å². The van der Waals surface area contributed by atoms with E-state index in [4.69, 9.17) is 0 Å². The fraction of sp³-hybridized carbons (Fsp3) is 0.378. The number of amides is 1. The molecule has 1 amide bonds. The van der Waals surface area contributed by atoms with Crippen LogP contribution in [0.4, 0.5) is 5.69 Å². The Morgan fingerprint density at radius 2 is 1.52 bits per heavy atom. The first-order valence-corrected chi connectivity index (χ1v) is 15.7. The number of rotatable bonds is 7. The number of carbonyl (C=O) groups is 1. The van der Waals surface area contributed by atoms with Crippen LogP contribution < -0.4 is 9.88 Å². The van der Waals surface area contributed by atoms with Gasteiger partial charge in [0.1, 0.15) is 0 Å². The maximum absolute atomic E-state index is 13.8. The normalized spacial score (nSPS) is 17.1. The van der Waals surface area contributed by atoms with Crippen molar-refractivity contribution in [3.8, 4) is 11.1 Å². The van der Waals surface area contributed by atoms with Gasteiger partial charge >= 0.3 is 0 Å². The molecule has 2 aromatic carbocycles. The summed E-state index contributed by atoms with van der Waals surface area (Å²) < 4.78 is 0. The van der Waals surface area contributed by atoms with Crippen LogP contribution in [-0.2, 0) is 6.54 Å². The van der Waals surface area contributed by atoms with Crippen molar-refractivity contribution >= 4 is 11.6 Å². The molecule has 7 nitrogen and oxygen atoms in total. The van der Waals surface area contributed by atoms with Crippen LogP contribution in [0.2, 0.25) is 0 Å². The zero-order chi connectivity index (χ0) is 29.8. The molecule has 2 aromatic heterocycles. The number of para-hydroxylation sites is 1. The van der Waals surface area contributed by atoms with Crippen LogP contribution >= 0.6 is 0 Å². The third kappa shape index (κ3) is 6.69. The largest absolute Gasteiger partial charge is 0.870 e. The number of aryl methyl sites for hydroxylation is 2. The summed E-state index contributed by atoms with van der Waals surface area (Å²) in [5.74, 6) is 0.178. The molecule has 0 radical (unpaired) electrons. The van der Waals surface area contributed by atoms with E-state index in [9.17, 15) is 4.79 Å². The van der Waals surface area contributed by atoms with Gasteiger partial charge in [-0.2, -0.15) is 0 Å². The fourth-order valence-corrected chi connectivity index (χ4v) is 7.15. The van der Waals surface area contributed by atoms with Crippen molar-refractivity contribution in [2.24, 2.45) is 0 Å². The van der Waals surface area contributed by atoms with Gasteiger partial charge < -0.3 is 15.3 Å². The second-order valence-electron chi connectivity index (χ2n) is 12.6. The number of likely N-dealkylation sites (tertiary alicyclic amines) is 2. The summed E-state index contributed by atoms with van der Waals surface area (Å²) in [6, 6.07) is 25.9. The van der Waals surface area contributed by atoms with Gasteiger partial charge in [0.05, 0.1) is 12.2 Å². The first kappa shape index (κ1) is 31.4. The number of benzene rings is 2. The second-order valence-corrected chi connectivity index (χ2v) is 12.6. The highest BCUT2D eigenvalue weighted by atomic mass is 16.2. The van der Waals surface area contributed by atoms with Crippen LogP contribution in [0.1, 0.15) is 59.8 Å². The standard InChI is InChI=1S/C37H43N5O.H2O/c1-28-25-31(30-12-19-38-20-13-30)26-29(2)35(28)36(43)40-23-16-37(3,17-24-40)41-21-14-34(15-22-41)42(33-10-5-4-6-11-33)27-32-9-7-8-18-39-32;/h4-13,18-20,25-26,34H,14-17,21-24,27H2,1-3H3;1H2. The van der Waals surface area contributed by atoms with Crippen molar-refractivity contribution in [1.29, 1.82) is 0 Å². The molecule has 2 aliphatic rings. The van der Waals surface area contributed by atoms with Gasteiger partial charge in [-0.1, -0.05) is 36.4 Å². The molecule has 0 atom stereocenters. The molecular formula is C37H45N5O2. The summed E-state index contributed by atoms with van der Waals surface area (Å²) >= 11 is 0. The summed E-state index contributed by atoms with van der Waals surface area (Å²) in [7, 11) is 0. The Morgan fingerprint density at radius 3 is 2.14 bits per heavy atom. The van der Waals surface area contributed by atoms with Crippen LogP contribution in [0.3, 0.4) is 0 Å². The monoisotopic (exact) mass is 591 g/mol. The van der Waals surface area contributed by atoms with Crippen LogP contribution in [0.15, 0.2) is 91.4 Å². The minimum atomic E-state index is 0. The van der Waals surface area contributed by atoms with Crippen molar-refractivity contribution in [3.05, 3.63) is 114 Å². The molecule has 2 aliphatic heterocycles. The first-order chi connectivity index (χ1) is 20.9. The molecule has 2 saturated heterocycles. The van der Waals surface area contributed by atoms with Gasteiger partial charge in [0, 0.05) is 67.3 Å². The van der Waals surface area contributed by atoms with E-state index in [0.717, 1.165) is 91.9 Å². The van der Waals surface area contributed by atoms with Gasteiger partial charge in [0.2, 0.25) is 0 Å². The predicted octanol–water partition coefficient (Wildman–Crippen LogP) is 6.17. The molecule has 4 aromatic rings. The van der Waals surface area contributed by atoms with E-state index < -0.39 is 0 Å². The zero-order valence-corrected chi connectivity index (χ0v) is 26.2. The Balaban J connectivity index is 0.00000384. The topological polar surface area (TPSA) is 83.8 Å². The van der Waals surface area contributed by atoms with Gasteiger partial charge in [-0.05, 0) is 93.0 Å². The van der Waals surface area contributed by atoms with Gasteiger partial charge in [-0.25, -0.2) is 4.98 Å². The zero-order valence-electron chi connectivity index (χ0n) is 26.2. The van der Waals surface area contributed by atoms with E-state index in [1.807, 2.05) is 24.7 Å². The van der Waals surface area contributed by atoms with Crippen molar-refractivity contribution < 1.29 is 15.3 Å². The molecule has 4 heterocycles. The molecule has 0 bridgehead atoms. The lowest BCUT2D eigenvalue weighted by atomic mass is 9.84. The van der Waals surface area contributed by atoms with Crippen LogP contribution in [0.5, 0.6) is 0 Å². The number of pyridine rings is 2. The maximum atomic E-state index is 13.8. The molecule has 44 heavy (non-hydrogen) atoms. The van der Waals surface area contributed by atoms with E-state index >= 15 is 0 Å². The molecule has 2 fully saturated rings. The SMILES string of the molecule is Cc1cc(-c2cc[nH+]cc2)cc(C)c1C(=O)N1CCC(C)(N2CCC(N(Cc3ccccn3)c3ccccc3)CC2)CC1.[OH-]. The highest BCUT2D eigenvalue weighted by molar-refractivity contribution is 5.98. The van der Waals surface area contributed by atoms with Crippen molar-refractivity contribution in [1.82, 2.24) is 14.8 Å². The highest BCUT2D eigenvalue weighted by Gasteiger charge is 2.39. The summed E-state index contributed by atoms with van der Waals surface area (Å²) in [4.78, 5) is 28.8. The molecule has 230 valence electrons. The van der Waals surface area contributed by atoms with Gasteiger partial charge in [-0.3, -0.25) is 14.7 Å². The smallest absolute Gasteiger partial charge is 0.254 e. The third-order valence-corrected chi connectivity index (χ3v) is 9.74. The van der Waals surface area contributed by atoms with Crippen LogP contribution in [-0.4, -0.2) is 63.9 Å². The second kappa shape index (κ2) is 13.7. The maximum Gasteiger partial charge on any atom is 0.254 e. The number of nitrogens with one attached hydrogen (secondary N) is 1. The molecule has 0 aliphatic carbocycles. The Kier molecular flexibility index (Phi) is 9.77. The Hall–Kier alpha value is -4.07. The van der Waals surface area contributed by atoms with Gasteiger partial charge in [-0.15, -0.1) is 0 Å². The van der Waals surface area contributed by atoms with Crippen molar-refractivity contribution in [3.63, 3.8) is 0 Å². The van der Waals surface area contributed by atoms with Crippen molar-refractivity contribution in [2.75, 3.05) is 31.1 Å². The van der Waals surface area contributed by atoms with Crippen LogP contribution in [0.25, 0.3) is 11.1 Å². The molecule has 6 rings (SSSR count). The van der Waals surface area contributed by atoms with Crippen molar-refractivity contribution in [2.45, 2.75) is 64.6 Å². The Bertz CT molecular complexity index is 1490. The van der Waals surface area contributed by atoms with Crippen LogP contribution in [0, 0.1) is 13.8 Å². The Morgan fingerprint density at radius 1 is 0.886 bits per heavy atom. The number of hydrogen-bond acceptors (Lipinski definition) is 5. The van der Waals surface area contributed by atoms with E-state index in [2.05, 4.69) is 112 Å². The minimum Gasteiger partial charge on any atom is -0.870 e. The fourth-order valence-electron chi connectivity index (χ4n) is 7.15. The number of nitrogens with zero attached hydrogens (tertiary/aromatic N) is 4. The number of H-pyrrole nitrogens is 1. The molecule has 0 saturated carbocycles. The number of aromatic amines is 1. The third-order valence-electron chi connectivity index (χ3n) is 9.74. The molecule has 0 unspecified atom stereocenters. The molecule has 0 spiro atoms. The lowest BCUT2D eigenvalue weighted by molar-refractivity contribution is -0.377. The number of aromatic nitrogens is 2. The van der Waals surface area contributed by atoms with E-state index in [0.29, 0.717) is 6.04 Å². The van der Waals surface area contributed by atoms with Gasteiger partial charge in [0.15, 0.2) is 12.4 Å². The Labute approximate surface area is 261 Å². The number of hydrogen-bond donors (Lipinski definition) is 0. The van der Waals surface area contributed by atoms with E-state index in [1.165, 1.54) is 5.69 Å². The summed E-state index contributed by atoms with van der Waals surface area (Å²) in [5.41, 5.74) is 7.78. The average molecular weight is 592 g/mol. The predicted molar refractivity (Wildman–Crippen MR) is 175 cm³/mol. The summed E-state index contributed by atoms with van der Waals surface area (Å²) in [6.07, 6.45) is 10.0. The summed E-state index contributed by atoms with van der Waals surface area (Å²) in [5, 5.41) is 0. The van der Waals surface area contributed by atoms with E-state index in [1.54, 1.807) is 0 Å². The minimum absolute atomic E-state index is 0. The van der Waals surface area contributed by atoms with E-state index in [-0.39, 0.29) is 16.9 Å². The molecule has 2 N–H and O–H groups in total. The number of piperidine rings is 2. The lowest BCUT2D eigenvalue weighted by Gasteiger charge is -2.50. The molecule has 7 heteroatoms. The number of carbonyl (C=O) groups excluding carboxylic acids is 1. The highest BCUT2D eigenvalue weighted by Crippen LogP contribution is 2.35.